The molecule has 0 saturated heterocycles. The Morgan fingerprint density at radius 1 is 1.09 bits per heavy atom. The number of fused-ring (bicyclic) bond motifs is 1. The van der Waals surface area contributed by atoms with Crippen LogP contribution in [0.2, 0.25) is 0 Å². The largest absolute Gasteiger partial charge is 0.493 e. The van der Waals surface area contributed by atoms with Crippen molar-refractivity contribution in [1.29, 1.82) is 0 Å². The fourth-order valence-electron chi connectivity index (χ4n) is 4.93. The number of hydrogen-bond acceptors (Lipinski definition) is 5. The number of carboxylic acids is 1. The van der Waals surface area contributed by atoms with Crippen LogP contribution in [0.25, 0.3) is 11.1 Å². The van der Waals surface area contributed by atoms with E-state index in [9.17, 15) is 14.7 Å². The zero-order valence-electron chi connectivity index (χ0n) is 19.6. The summed E-state index contributed by atoms with van der Waals surface area (Å²) in [5, 5.41) is 12.1. The third-order valence-electron chi connectivity index (χ3n) is 6.56. The maximum atomic E-state index is 12.0. The van der Waals surface area contributed by atoms with Crippen molar-refractivity contribution in [2.75, 3.05) is 20.8 Å². The van der Waals surface area contributed by atoms with E-state index in [-0.39, 0.29) is 23.2 Å². The highest BCUT2D eigenvalue weighted by Gasteiger charge is 2.47. The van der Waals surface area contributed by atoms with Crippen molar-refractivity contribution in [1.82, 2.24) is 5.32 Å². The number of ether oxygens (including phenoxy) is 3. The number of hydrogen-bond donors (Lipinski definition) is 2. The zero-order chi connectivity index (χ0) is 23.8. The van der Waals surface area contributed by atoms with E-state index in [1.807, 2.05) is 44.2 Å². The van der Waals surface area contributed by atoms with Gasteiger partial charge in [0.15, 0.2) is 11.5 Å². The summed E-state index contributed by atoms with van der Waals surface area (Å²) in [6.07, 6.45) is 2.92. The molecular formula is C26H31NO6. The Morgan fingerprint density at radius 3 is 2.45 bits per heavy atom. The second kappa shape index (κ2) is 8.61. The molecule has 1 heterocycles. The summed E-state index contributed by atoms with van der Waals surface area (Å²) in [7, 11) is 3.17. The van der Waals surface area contributed by atoms with Crippen molar-refractivity contribution in [2.24, 2.45) is 10.8 Å². The van der Waals surface area contributed by atoms with E-state index in [2.05, 4.69) is 5.32 Å². The van der Waals surface area contributed by atoms with Crippen LogP contribution in [-0.2, 0) is 11.3 Å². The summed E-state index contributed by atoms with van der Waals surface area (Å²) in [5.74, 6) is 0.852. The standard InChI is InChI=1S/C26H31NO6/c1-25(2,12-21(28)29)14-26(9-10-26)15-33-22-18(7-8-20(31-3)23(22)32-4)16-5-6-19-17(11-16)13-27-24(19)30/h5-8,11H,9-10,12-15H2,1-4H3,(H,27,30)(H,28,29). The second-order valence-corrected chi connectivity index (χ2v) is 9.93. The molecule has 2 aromatic carbocycles. The van der Waals surface area contributed by atoms with E-state index in [1.165, 1.54) is 0 Å². The highest BCUT2D eigenvalue weighted by molar-refractivity contribution is 5.99. The minimum absolute atomic E-state index is 0.0431. The number of benzene rings is 2. The van der Waals surface area contributed by atoms with Crippen molar-refractivity contribution < 1.29 is 28.9 Å². The Bertz CT molecular complexity index is 1090. The molecule has 0 bridgehead atoms. The fourth-order valence-corrected chi connectivity index (χ4v) is 4.93. The molecule has 1 aliphatic heterocycles. The van der Waals surface area contributed by atoms with Gasteiger partial charge in [0.25, 0.3) is 5.91 Å². The first-order valence-corrected chi connectivity index (χ1v) is 11.2. The lowest BCUT2D eigenvalue weighted by Crippen LogP contribution is -2.25. The Hall–Kier alpha value is -3.22. The molecule has 1 aliphatic carbocycles. The van der Waals surface area contributed by atoms with Crippen LogP contribution in [0.5, 0.6) is 17.2 Å². The van der Waals surface area contributed by atoms with Crippen LogP contribution >= 0.6 is 0 Å². The molecule has 7 nitrogen and oxygen atoms in total. The number of aliphatic carboxylic acids is 1. The lowest BCUT2D eigenvalue weighted by Gasteiger charge is -2.29. The SMILES string of the molecule is COc1ccc(-c2ccc3c(c2)CNC3=O)c(OCC2(CC(C)(C)CC(=O)O)CC2)c1OC. The molecule has 7 heteroatoms. The van der Waals surface area contributed by atoms with E-state index < -0.39 is 5.97 Å². The molecule has 2 aliphatic rings. The summed E-state index contributed by atoms with van der Waals surface area (Å²) in [6.45, 7) is 4.97. The molecule has 4 rings (SSSR count). The molecule has 0 radical (unpaired) electrons. The molecular weight excluding hydrogens is 422 g/mol. The van der Waals surface area contributed by atoms with Gasteiger partial charge in [0.1, 0.15) is 0 Å². The highest BCUT2D eigenvalue weighted by Crippen LogP contribution is 2.55. The Labute approximate surface area is 194 Å². The number of rotatable bonds is 10. The molecule has 1 saturated carbocycles. The summed E-state index contributed by atoms with van der Waals surface area (Å²) >= 11 is 0. The van der Waals surface area contributed by atoms with Gasteiger partial charge in [-0.1, -0.05) is 19.9 Å². The number of carboxylic acid groups (broad SMARTS) is 1. The molecule has 0 unspecified atom stereocenters. The van der Waals surface area contributed by atoms with Gasteiger partial charge in [0.05, 0.1) is 27.2 Å². The number of methoxy groups -OCH3 is 2. The van der Waals surface area contributed by atoms with E-state index in [0.717, 1.165) is 36.0 Å². The topological polar surface area (TPSA) is 94.1 Å². The minimum Gasteiger partial charge on any atom is -0.493 e. The van der Waals surface area contributed by atoms with Gasteiger partial charge in [-0.25, -0.2) is 0 Å². The molecule has 0 spiro atoms. The summed E-state index contributed by atoms with van der Waals surface area (Å²) in [6, 6.07) is 9.55. The van der Waals surface area contributed by atoms with Crippen LogP contribution in [0.4, 0.5) is 0 Å². The Balaban J connectivity index is 1.65. The highest BCUT2D eigenvalue weighted by atomic mass is 16.5. The molecule has 1 amide bonds. The van der Waals surface area contributed by atoms with Gasteiger partial charge in [-0.2, -0.15) is 0 Å². The van der Waals surface area contributed by atoms with E-state index in [1.54, 1.807) is 14.2 Å². The molecule has 0 atom stereocenters. The molecule has 0 aromatic heterocycles. The third kappa shape index (κ3) is 4.77. The zero-order valence-corrected chi connectivity index (χ0v) is 19.6. The molecule has 2 N–H and O–H groups in total. The lowest BCUT2D eigenvalue weighted by molar-refractivity contribution is -0.139. The van der Waals surface area contributed by atoms with Gasteiger partial charge in [-0.3, -0.25) is 9.59 Å². The Morgan fingerprint density at radius 2 is 1.82 bits per heavy atom. The molecule has 1 fully saturated rings. The fraction of sp³-hybridized carbons (Fsp3) is 0.462. The Kier molecular flexibility index (Phi) is 5.99. The lowest BCUT2D eigenvalue weighted by atomic mass is 9.78. The van der Waals surface area contributed by atoms with Crippen LogP contribution < -0.4 is 19.5 Å². The quantitative estimate of drug-likeness (QED) is 0.543. The van der Waals surface area contributed by atoms with E-state index in [0.29, 0.717) is 36.0 Å². The van der Waals surface area contributed by atoms with Crippen molar-refractivity contribution in [2.45, 2.75) is 46.1 Å². The average Bonchev–Trinajstić information content (AvgIpc) is 3.42. The first kappa shape index (κ1) is 23.0. The average molecular weight is 454 g/mol. The van der Waals surface area contributed by atoms with Crippen LogP contribution in [0, 0.1) is 10.8 Å². The monoisotopic (exact) mass is 453 g/mol. The molecule has 176 valence electrons. The van der Waals surface area contributed by atoms with Crippen LogP contribution in [0.1, 0.15) is 55.5 Å². The first-order valence-electron chi connectivity index (χ1n) is 11.2. The van der Waals surface area contributed by atoms with Crippen LogP contribution in [0.15, 0.2) is 30.3 Å². The summed E-state index contributed by atoms with van der Waals surface area (Å²) < 4.78 is 17.6. The third-order valence-corrected chi connectivity index (χ3v) is 6.56. The van der Waals surface area contributed by atoms with Gasteiger partial charge in [-0.15, -0.1) is 0 Å². The maximum absolute atomic E-state index is 12.0. The number of carbonyl (C=O) groups excluding carboxylic acids is 1. The van der Waals surface area contributed by atoms with E-state index >= 15 is 0 Å². The van der Waals surface area contributed by atoms with Gasteiger partial charge < -0.3 is 24.6 Å². The molecule has 2 aromatic rings. The maximum Gasteiger partial charge on any atom is 0.303 e. The predicted molar refractivity (Wildman–Crippen MR) is 124 cm³/mol. The normalized spacial score (nSPS) is 16.1. The van der Waals surface area contributed by atoms with Gasteiger partial charge in [0, 0.05) is 23.1 Å². The number of carbonyl (C=O) groups is 2. The smallest absolute Gasteiger partial charge is 0.303 e. The van der Waals surface area contributed by atoms with Gasteiger partial charge in [-0.05, 0) is 60.1 Å². The van der Waals surface area contributed by atoms with Gasteiger partial charge in [0.2, 0.25) is 5.75 Å². The first-order chi connectivity index (χ1) is 15.7. The predicted octanol–water partition coefficient (Wildman–Crippen LogP) is 4.66. The van der Waals surface area contributed by atoms with Crippen molar-refractivity contribution in [3.05, 3.63) is 41.5 Å². The summed E-state index contributed by atoms with van der Waals surface area (Å²) in [5.41, 5.74) is 3.07. The number of amides is 1. The van der Waals surface area contributed by atoms with Gasteiger partial charge >= 0.3 is 5.97 Å². The van der Waals surface area contributed by atoms with Crippen molar-refractivity contribution in [3.63, 3.8) is 0 Å². The van der Waals surface area contributed by atoms with Crippen LogP contribution in [0.3, 0.4) is 0 Å². The van der Waals surface area contributed by atoms with E-state index in [4.69, 9.17) is 14.2 Å². The molecule has 33 heavy (non-hydrogen) atoms. The second-order valence-electron chi connectivity index (χ2n) is 9.93. The number of nitrogens with one attached hydrogen (secondary N) is 1. The van der Waals surface area contributed by atoms with Crippen molar-refractivity contribution in [3.8, 4) is 28.4 Å². The van der Waals surface area contributed by atoms with Crippen molar-refractivity contribution >= 4 is 11.9 Å². The van der Waals surface area contributed by atoms with Crippen LogP contribution in [-0.4, -0.2) is 37.8 Å². The minimum atomic E-state index is -0.780. The summed E-state index contributed by atoms with van der Waals surface area (Å²) in [4.78, 5) is 23.2.